The maximum Gasteiger partial charge on any atom is 0.410 e. The van der Waals surface area contributed by atoms with E-state index in [0.717, 1.165) is 3.97 Å². The Kier molecular flexibility index (Phi) is 7.85. The van der Waals surface area contributed by atoms with Gasteiger partial charge in [0.15, 0.2) is 5.65 Å². The summed E-state index contributed by atoms with van der Waals surface area (Å²) in [6.07, 6.45) is 1.62. The van der Waals surface area contributed by atoms with E-state index in [2.05, 4.69) is 27.1 Å². The van der Waals surface area contributed by atoms with Gasteiger partial charge in [-0.25, -0.2) is 27.2 Å². The molecule has 1 N–H and O–H groups in total. The maximum atomic E-state index is 13.8. The number of amides is 1. The van der Waals surface area contributed by atoms with Crippen LogP contribution < -0.4 is 10.1 Å². The first-order chi connectivity index (χ1) is 19.6. The Bertz CT molecular complexity index is 1700. The van der Waals surface area contributed by atoms with Crippen LogP contribution in [0, 0.1) is 11.8 Å². The van der Waals surface area contributed by atoms with E-state index < -0.39 is 15.6 Å². The van der Waals surface area contributed by atoms with E-state index >= 15 is 0 Å². The number of para-hydroxylation sites is 1. The van der Waals surface area contributed by atoms with Gasteiger partial charge >= 0.3 is 6.09 Å². The number of carbonyl (C=O) groups excluding carboxylic acids is 1. The molecule has 5 rings (SSSR count). The molecule has 10 nitrogen and oxygen atoms in total. The van der Waals surface area contributed by atoms with Gasteiger partial charge < -0.3 is 19.7 Å². The van der Waals surface area contributed by atoms with E-state index in [0.29, 0.717) is 36.5 Å². The first-order valence-electron chi connectivity index (χ1n) is 13.2. The molecule has 0 aliphatic carbocycles. The lowest BCUT2D eigenvalue weighted by atomic mass is 10.2. The highest BCUT2D eigenvalue weighted by molar-refractivity contribution is 7.90. The number of nitrogens with one attached hydrogen (secondary N) is 1. The Balaban J connectivity index is 1.46. The van der Waals surface area contributed by atoms with Gasteiger partial charge in [0, 0.05) is 19.1 Å². The second kappa shape index (κ2) is 11.5. The minimum Gasteiger partial charge on any atom is -0.481 e. The molecule has 0 bridgehead atoms. The van der Waals surface area contributed by atoms with Crippen molar-refractivity contribution in [2.24, 2.45) is 0 Å². The largest absolute Gasteiger partial charge is 0.481 e. The summed E-state index contributed by atoms with van der Waals surface area (Å²) in [6, 6.07) is 18.9. The topological polar surface area (TPSA) is 116 Å². The van der Waals surface area contributed by atoms with Crippen LogP contribution in [0.15, 0.2) is 78.0 Å². The zero-order valence-electron chi connectivity index (χ0n) is 23.1. The van der Waals surface area contributed by atoms with Crippen LogP contribution in [0.1, 0.15) is 32.9 Å². The van der Waals surface area contributed by atoms with Crippen molar-refractivity contribution < 1.29 is 22.7 Å². The molecule has 0 spiro atoms. The Morgan fingerprint density at radius 3 is 2.49 bits per heavy atom. The predicted octanol–water partition coefficient (Wildman–Crippen LogP) is 4.52. The van der Waals surface area contributed by atoms with E-state index in [1.54, 1.807) is 29.2 Å². The molecule has 11 heteroatoms. The van der Waals surface area contributed by atoms with Crippen LogP contribution in [0.25, 0.3) is 11.0 Å². The van der Waals surface area contributed by atoms with Gasteiger partial charge in [0.05, 0.1) is 10.3 Å². The Hall–Kier alpha value is -4.56. The van der Waals surface area contributed by atoms with Crippen molar-refractivity contribution in [1.82, 2.24) is 18.8 Å². The number of nitrogens with zero attached hydrogens (tertiary/aromatic N) is 4. The van der Waals surface area contributed by atoms with Crippen molar-refractivity contribution in [2.75, 3.05) is 25.0 Å². The molecule has 0 radical (unpaired) electrons. The number of benzene rings is 2. The quantitative estimate of drug-likeness (QED) is 0.335. The number of carbonyl (C=O) groups is 1. The molecular weight excluding hydrogens is 542 g/mol. The summed E-state index contributed by atoms with van der Waals surface area (Å²) >= 11 is 0. The third-order valence-electron chi connectivity index (χ3n) is 6.29. The molecule has 0 saturated carbocycles. The van der Waals surface area contributed by atoms with Crippen molar-refractivity contribution in [3.05, 3.63) is 78.8 Å². The van der Waals surface area contributed by atoms with Gasteiger partial charge in [-0.1, -0.05) is 42.3 Å². The van der Waals surface area contributed by atoms with Crippen LogP contribution in [0.3, 0.4) is 0 Å². The smallest absolute Gasteiger partial charge is 0.410 e. The van der Waals surface area contributed by atoms with Crippen LogP contribution >= 0.6 is 0 Å². The summed E-state index contributed by atoms with van der Waals surface area (Å²) < 4.78 is 39.9. The van der Waals surface area contributed by atoms with E-state index in [9.17, 15) is 13.2 Å². The number of likely N-dealkylation sites (tertiary alicyclic amines) is 1. The summed E-state index contributed by atoms with van der Waals surface area (Å²) in [5, 5.41) is 3.87. The Morgan fingerprint density at radius 2 is 1.78 bits per heavy atom. The van der Waals surface area contributed by atoms with E-state index in [1.807, 2.05) is 51.1 Å². The fourth-order valence-corrected chi connectivity index (χ4v) is 5.90. The van der Waals surface area contributed by atoms with Gasteiger partial charge in [-0.15, -0.1) is 0 Å². The summed E-state index contributed by atoms with van der Waals surface area (Å²) in [6.45, 7) is 6.51. The molecule has 2 aromatic carbocycles. The average molecular weight is 574 g/mol. The lowest BCUT2D eigenvalue weighted by Gasteiger charge is -2.24. The summed E-state index contributed by atoms with van der Waals surface area (Å²) in [7, 11) is -4.04. The molecule has 41 heavy (non-hydrogen) atoms. The normalized spacial score (nSPS) is 15.3. The zero-order valence-corrected chi connectivity index (χ0v) is 23.9. The fourth-order valence-electron chi connectivity index (χ4n) is 4.46. The van der Waals surface area contributed by atoms with Crippen molar-refractivity contribution in [3.8, 4) is 17.6 Å². The average Bonchev–Trinajstić information content (AvgIpc) is 3.57. The standard InChI is InChI=1S/C30H31N5O5S/c1-30(2,3)40-29(36)34-17-16-22(20-34)33-27-26-19-23(11-10-18-39-24-12-6-4-7-13-24)35(28(26)32-21-31-27)41(37,38)25-14-8-5-9-15-25/h4-9,12-15,19,21-22H,16-18,20H2,1-3H3,(H,31,32,33). The van der Waals surface area contributed by atoms with Gasteiger partial charge in [0.1, 0.15) is 35.8 Å². The zero-order chi connectivity index (χ0) is 29.0. The minimum atomic E-state index is -4.04. The van der Waals surface area contributed by atoms with Crippen molar-refractivity contribution in [2.45, 2.75) is 43.7 Å². The van der Waals surface area contributed by atoms with Crippen LogP contribution in [0.4, 0.5) is 10.6 Å². The maximum absolute atomic E-state index is 13.8. The van der Waals surface area contributed by atoms with Crippen molar-refractivity contribution in [3.63, 3.8) is 0 Å². The van der Waals surface area contributed by atoms with Gasteiger partial charge in [-0.05, 0) is 63.4 Å². The molecule has 1 fully saturated rings. The van der Waals surface area contributed by atoms with Gasteiger partial charge in [-0.2, -0.15) is 0 Å². The minimum absolute atomic E-state index is 0.0658. The molecule has 2 aromatic heterocycles. The molecule has 1 aliphatic rings. The van der Waals surface area contributed by atoms with Crippen LogP contribution in [0.2, 0.25) is 0 Å². The van der Waals surface area contributed by atoms with Crippen molar-refractivity contribution in [1.29, 1.82) is 0 Å². The third kappa shape index (κ3) is 6.44. The number of hydrogen-bond acceptors (Lipinski definition) is 8. The monoisotopic (exact) mass is 573 g/mol. The molecular formula is C30H31N5O5S. The molecule has 1 saturated heterocycles. The summed E-state index contributed by atoms with van der Waals surface area (Å²) in [5.41, 5.74) is -0.162. The number of aromatic nitrogens is 3. The SMILES string of the molecule is CC(C)(C)OC(=O)N1CCC(Nc2ncnc3c2cc(C#CCOc2ccccc2)n3S(=O)(=O)c2ccccc2)C1. The molecule has 1 amide bonds. The lowest BCUT2D eigenvalue weighted by Crippen LogP contribution is -2.36. The molecule has 1 unspecified atom stereocenters. The van der Waals surface area contributed by atoms with Gasteiger partial charge in [0.2, 0.25) is 0 Å². The first-order valence-corrected chi connectivity index (χ1v) is 14.6. The van der Waals surface area contributed by atoms with E-state index in [1.165, 1.54) is 18.5 Å². The highest BCUT2D eigenvalue weighted by Crippen LogP contribution is 2.29. The number of hydrogen-bond donors (Lipinski definition) is 1. The van der Waals surface area contributed by atoms with Crippen LogP contribution in [-0.4, -0.2) is 64.7 Å². The molecule has 1 aliphatic heterocycles. The molecule has 3 heterocycles. The highest BCUT2D eigenvalue weighted by Gasteiger charge is 2.31. The van der Waals surface area contributed by atoms with Gasteiger partial charge in [-0.3, -0.25) is 0 Å². The number of anilines is 1. The van der Waals surface area contributed by atoms with Crippen molar-refractivity contribution >= 4 is 33.0 Å². The second-order valence-electron chi connectivity index (χ2n) is 10.5. The van der Waals surface area contributed by atoms with E-state index in [-0.39, 0.29) is 35.0 Å². The van der Waals surface area contributed by atoms with Crippen LogP contribution in [-0.2, 0) is 14.8 Å². The summed E-state index contributed by atoms with van der Waals surface area (Å²) in [4.78, 5) is 23.0. The third-order valence-corrected chi connectivity index (χ3v) is 8.01. The molecule has 212 valence electrons. The van der Waals surface area contributed by atoms with E-state index in [4.69, 9.17) is 9.47 Å². The lowest BCUT2D eigenvalue weighted by molar-refractivity contribution is 0.0293. The Labute approximate surface area is 239 Å². The van der Waals surface area contributed by atoms with Crippen LogP contribution in [0.5, 0.6) is 5.75 Å². The number of ether oxygens (including phenoxy) is 2. The second-order valence-corrected chi connectivity index (χ2v) is 12.3. The fraction of sp³-hybridized carbons (Fsp3) is 0.300. The Morgan fingerprint density at radius 1 is 1.07 bits per heavy atom. The highest BCUT2D eigenvalue weighted by atomic mass is 32.2. The summed E-state index contributed by atoms with van der Waals surface area (Å²) in [5.74, 6) is 6.99. The molecule has 4 aromatic rings. The predicted molar refractivity (Wildman–Crippen MR) is 155 cm³/mol. The van der Waals surface area contributed by atoms with Gasteiger partial charge in [0.25, 0.3) is 10.0 Å². The first kappa shape index (κ1) is 28.0. The molecule has 1 atom stereocenters. The number of rotatable bonds is 6. The number of fused-ring (bicyclic) bond motifs is 1.